The first-order chi connectivity index (χ1) is 12.1. The fourth-order valence-electron chi connectivity index (χ4n) is 2.41. The first-order valence-electron chi connectivity index (χ1n) is 8.40. The molecule has 132 valence electrons. The second-order valence-corrected chi connectivity index (χ2v) is 6.39. The van der Waals surface area contributed by atoms with Crippen molar-refractivity contribution in [2.24, 2.45) is 0 Å². The molecule has 2 amide bonds. The summed E-state index contributed by atoms with van der Waals surface area (Å²) in [5, 5.41) is 5.69. The lowest BCUT2D eigenvalue weighted by molar-refractivity contribution is -0.117. The van der Waals surface area contributed by atoms with Crippen molar-refractivity contribution in [2.75, 3.05) is 17.6 Å². The molecule has 1 aliphatic rings. The number of hydrogen-bond acceptors (Lipinski definition) is 4. The Kier molecular flexibility index (Phi) is 7.35. The molecule has 2 rings (SSSR count). The van der Waals surface area contributed by atoms with E-state index in [-0.39, 0.29) is 11.8 Å². The number of carbonyl (C=O) groups excluding carboxylic acids is 2. The lowest BCUT2D eigenvalue weighted by Gasteiger charge is -2.09. The fraction of sp³-hybridized carbons (Fsp3) is 0.316. The summed E-state index contributed by atoms with van der Waals surface area (Å²) in [6.45, 7) is 0.599. The number of anilines is 2. The molecule has 5 nitrogen and oxygen atoms in total. The topological polar surface area (TPSA) is 84.2 Å². The van der Waals surface area contributed by atoms with Crippen LogP contribution in [0.3, 0.4) is 0 Å². The lowest BCUT2D eigenvalue weighted by Crippen LogP contribution is -2.26. The number of rotatable bonds is 8. The fourth-order valence-corrected chi connectivity index (χ4v) is 2.56. The number of nitrogens with one attached hydrogen (secondary N) is 2. The predicted molar refractivity (Wildman–Crippen MR) is 105 cm³/mol. The molecule has 25 heavy (non-hydrogen) atoms. The van der Waals surface area contributed by atoms with Gasteiger partial charge in [0.15, 0.2) is 0 Å². The van der Waals surface area contributed by atoms with Crippen LogP contribution in [-0.4, -0.2) is 23.2 Å². The van der Waals surface area contributed by atoms with Crippen LogP contribution >= 0.6 is 12.2 Å². The van der Waals surface area contributed by atoms with Gasteiger partial charge in [-0.2, -0.15) is 0 Å². The Bertz CT molecular complexity index is 710. The van der Waals surface area contributed by atoms with Crippen LogP contribution in [0.5, 0.6) is 0 Å². The molecule has 1 aliphatic carbocycles. The normalized spacial score (nSPS) is 13.3. The van der Waals surface area contributed by atoms with Gasteiger partial charge in [0.25, 0.3) is 5.91 Å². The highest BCUT2D eigenvalue weighted by Crippen LogP contribution is 2.17. The minimum absolute atomic E-state index is 0.0459. The maximum absolute atomic E-state index is 11.9. The molecule has 0 bridgehead atoms. The van der Waals surface area contributed by atoms with Crippen LogP contribution < -0.4 is 16.4 Å². The average molecular weight is 357 g/mol. The number of carbonyl (C=O) groups is 2. The Hall–Kier alpha value is -2.47. The molecule has 1 aromatic rings. The van der Waals surface area contributed by atoms with Crippen molar-refractivity contribution in [2.45, 2.75) is 32.1 Å². The molecule has 0 spiro atoms. The van der Waals surface area contributed by atoms with Crippen molar-refractivity contribution in [1.29, 1.82) is 0 Å². The summed E-state index contributed by atoms with van der Waals surface area (Å²) in [7, 11) is 0. The average Bonchev–Trinajstić information content (AvgIpc) is 2.60. The van der Waals surface area contributed by atoms with Gasteiger partial charge in [-0.3, -0.25) is 9.59 Å². The largest absolute Gasteiger partial charge is 0.397 e. The van der Waals surface area contributed by atoms with E-state index in [1.165, 1.54) is 0 Å². The van der Waals surface area contributed by atoms with Gasteiger partial charge in [0.1, 0.15) is 0 Å². The molecular weight excluding hydrogens is 334 g/mol. The summed E-state index contributed by atoms with van der Waals surface area (Å²) >= 11 is 5.05. The molecule has 1 aromatic carbocycles. The van der Waals surface area contributed by atoms with Crippen LogP contribution in [0.25, 0.3) is 0 Å². The van der Waals surface area contributed by atoms with Crippen LogP contribution in [0.2, 0.25) is 0 Å². The highest BCUT2D eigenvalue weighted by atomic mass is 32.1. The third-order valence-electron chi connectivity index (χ3n) is 3.84. The van der Waals surface area contributed by atoms with E-state index in [0.29, 0.717) is 36.3 Å². The van der Waals surface area contributed by atoms with Crippen LogP contribution in [0.15, 0.2) is 48.1 Å². The number of nitrogen functional groups attached to an aromatic ring is 1. The van der Waals surface area contributed by atoms with Gasteiger partial charge in [-0.05, 0) is 37.1 Å². The summed E-state index contributed by atoms with van der Waals surface area (Å²) in [5.74, 6) is -0.119. The summed E-state index contributed by atoms with van der Waals surface area (Å²) in [6, 6.07) is 7.19. The number of hydrogen-bond donors (Lipinski definition) is 3. The van der Waals surface area contributed by atoms with Gasteiger partial charge >= 0.3 is 0 Å². The van der Waals surface area contributed by atoms with Gasteiger partial charge in [-0.15, -0.1) is 0 Å². The van der Waals surface area contributed by atoms with E-state index in [2.05, 4.69) is 10.6 Å². The van der Waals surface area contributed by atoms with Crippen LogP contribution in [0.4, 0.5) is 11.4 Å². The number of amides is 2. The highest BCUT2D eigenvalue weighted by molar-refractivity contribution is 7.80. The van der Waals surface area contributed by atoms with Crippen LogP contribution in [0, 0.1) is 0 Å². The van der Waals surface area contributed by atoms with Gasteiger partial charge in [0, 0.05) is 29.8 Å². The van der Waals surface area contributed by atoms with Crippen molar-refractivity contribution in [3.05, 3.63) is 48.1 Å². The molecular formula is C19H23N3O2S. The molecule has 0 fully saturated rings. The third-order valence-corrected chi connectivity index (χ3v) is 4.14. The number of benzene rings is 1. The van der Waals surface area contributed by atoms with Crippen molar-refractivity contribution in [3.8, 4) is 0 Å². The van der Waals surface area contributed by atoms with E-state index >= 15 is 0 Å². The maximum Gasteiger partial charge on any atom is 0.250 e. The summed E-state index contributed by atoms with van der Waals surface area (Å²) in [5.41, 5.74) is 7.66. The zero-order valence-corrected chi connectivity index (χ0v) is 14.9. The molecule has 6 heteroatoms. The molecule has 0 aliphatic heterocycles. The van der Waals surface area contributed by atoms with Crippen molar-refractivity contribution < 1.29 is 9.59 Å². The smallest absolute Gasteiger partial charge is 0.250 e. The Balaban J connectivity index is 1.57. The standard InChI is InChI=1S/C19H23N3O2S/c20-16-6-3-4-7-17(16)22-18(23)8-2-1-5-13-21-19(24)14-9-11-15(25)12-10-14/h3-4,6-7,9-11H,1-2,5,8,12-13,20H2,(H,21,24)(H,22,23). The van der Waals surface area contributed by atoms with E-state index in [1.54, 1.807) is 24.3 Å². The Morgan fingerprint density at radius 3 is 2.64 bits per heavy atom. The molecule has 0 saturated heterocycles. The second kappa shape index (κ2) is 9.74. The van der Waals surface area contributed by atoms with Crippen molar-refractivity contribution >= 4 is 40.3 Å². The number of allylic oxidation sites excluding steroid dienone is 2. The van der Waals surface area contributed by atoms with Gasteiger partial charge in [0.05, 0.1) is 11.4 Å². The Labute approximate surface area is 153 Å². The first kappa shape index (κ1) is 18.9. The van der Waals surface area contributed by atoms with E-state index < -0.39 is 0 Å². The first-order valence-corrected chi connectivity index (χ1v) is 8.80. The highest BCUT2D eigenvalue weighted by Gasteiger charge is 2.09. The van der Waals surface area contributed by atoms with Gasteiger partial charge in [0.2, 0.25) is 5.91 Å². The monoisotopic (exact) mass is 357 g/mol. The SMILES string of the molecule is Nc1ccccc1NC(=O)CCCCCNC(=O)C1=CCC(=S)C=C1. The van der Waals surface area contributed by atoms with E-state index in [4.69, 9.17) is 18.0 Å². The van der Waals surface area contributed by atoms with Crippen LogP contribution in [-0.2, 0) is 9.59 Å². The zero-order valence-electron chi connectivity index (χ0n) is 14.1. The third kappa shape index (κ3) is 6.51. The molecule has 0 unspecified atom stereocenters. The number of nitrogens with two attached hydrogens (primary N) is 1. The van der Waals surface area contributed by atoms with E-state index in [0.717, 1.165) is 24.1 Å². The van der Waals surface area contributed by atoms with E-state index in [1.807, 2.05) is 18.2 Å². The molecule has 4 N–H and O–H groups in total. The second-order valence-electron chi connectivity index (χ2n) is 5.87. The molecule has 0 atom stereocenters. The Morgan fingerprint density at radius 2 is 1.92 bits per heavy atom. The Morgan fingerprint density at radius 1 is 1.12 bits per heavy atom. The molecule has 0 aromatic heterocycles. The minimum atomic E-state index is -0.0731. The van der Waals surface area contributed by atoms with Gasteiger partial charge in [-0.25, -0.2) is 0 Å². The van der Waals surface area contributed by atoms with Crippen molar-refractivity contribution in [1.82, 2.24) is 5.32 Å². The number of thiocarbonyl (C=S) groups is 1. The van der Waals surface area contributed by atoms with Crippen molar-refractivity contribution in [3.63, 3.8) is 0 Å². The summed E-state index contributed by atoms with van der Waals surface area (Å²) in [4.78, 5) is 24.6. The molecule has 0 heterocycles. The minimum Gasteiger partial charge on any atom is -0.397 e. The zero-order chi connectivity index (χ0) is 18.1. The molecule has 0 saturated carbocycles. The van der Waals surface area contributed by atoms with Crippen LogP contribution in [0.1, 0.15) is 32.1 Å². The number of unbranched alkanes of at least 4 members (excludes halogenated alkanes) is 2. The number of para-hydroxylation sites is 2. The lowest BCUT2D eigenvalue weighted by atomic mass is 10.1. The maximum atomic E-state index is 11.9. The summed E-state index contributed by atoms with van der Waals surface area (Å²) in [6.07, 6.45) is 8.95. The summed E-state index contributed by atoms with van der Waals surface area (Å²) < 4.78 is 0. The predicted octanol–water partition coefficient (Wildman–Crippen LogP) is 3.14. The molecule has 0 radical (unpaired) electrons. The quantitative estimate of drug-likeness (QED) is 0.379. The van der Waals surface area contributed by atoms with Gasteiger partial charge in [-0.1, -0.05) is 36.8 Å². The van der Waals surface area contributed by atoms with E-state index in [9.17, 15) is 9.59 Å². The van der Waals surface area contributed by atoms with Gasteiger partial charge < -0.3 is 16.4 Å².